The summed E-state index contributed by atoms with van der Waals surface area (Å²) in [6.45, 7) is 3.86. The molecule has 0 spiro atoms. The Morgan fingerprint density at radius 1 is 1.42 bits per heavy atom. The molecule has 1 aromatic rings. The first-order chi connectivity index (χ1) is 9.11. The summed E-state index contributed by atoms with van der Waals surface area (Å²) in [7, 11) is 0. The maximum Gasteiger partial charge on any atom is 0.255 e. The molecule has 0 aliphatic carbocycles. The van der Waals surface area contributed by atoms with Crippen molar-refractivity contribution in [3.63, 3.8) is 0 Å². The zero-order valence-electron chi connectivity index (χ0n) is 11.4. The van der Waals surface area contributed by atoms with Crippen molar-refractivity contribution in [1.29, 1.82) is 0 Å². The fourth-order valence-electron chi connectivity index (χ4n) is 2.66. The van der Waals surface area contributed by atoms with E-state index in [0.29, 0.717) is 16.3 Å². The van der Waals surface area contributed by atoms with Crippen molar-refractivity contribution in [2.75, 3.05) is 18.8 Å². The molecule has 1 amide bonds. The number of anilines is 1. The predicted molar refractivity (Wildman–Crippen MR) is 79.4 cm³/mol. The molecular formula is C15H21ClN2O. The average Bonchev–Trinajstić information content (AvgIpc) is 2.66. The van der Waals surface area contributed by atoms with E-state index in [4.69, 9.17) is 17.3 Å². The van der Waals surface area contributed by atoms with Crippen LogP contribution < -0.4 is 5.73 Å². The molecule has 1 unspecified atom stereocenters. The summed E-state index contributed by atoms with van der Waals surface area (Å²) in [5, 5.41) is 0.554. The van der Waals surface area contributed by atoms with Gasteiger partial charge in [0.1, 0.15) is 0 Å². The first-order valence-electron chi connectivity index (χ1n) is 6.96. The lowest BCUT2D eigenvalue weighted by atomic mass is 9.98. The molecule has 0 bridgehead atoms. The number of likely N-dealkylation sites (tertiary alicyclic amines) is 1. The van der Waals surface area contributed by atoms with Crippen LogP contribution in [-0.2, 0) is 0 Å². The van der Waals surface area contributed by atoms with Crippen molar-refractivity contribution >= 4 is 23.2 Å². The Morgan fingerprint density at radius 3 is 2.95 bits per heavy atom. The largest absolute Gasteiger partial charge is 0.398 e. The molecule has 2 rings (SSSR count). The van der Waals surface area contributed by atoms with E-state index in [1.165, 1.54) is 12.8 Å². The highest BCUT2D eigenvalue weighted by atomic mass is 35.5. The number of halogens is 1. The topological polar surface area (TPSA) is 46.3 Å². The number of rotatable bonds is 2. The zero-order valence-corrected chi connectivity index (χ0v) is 12.1. The van der Waals surface area contributed by atoms with Crippen LogP contribution in [-0.4, -0.2) is 23.9 Å². The van der Waals surface area contributed by atoms with Crippen LogP contribution in [0.1, 0.15) is 43.0 Å². The van der Waals surface area contributed by atoms with Gasteiger partial charge < -0.3 is 10.6 Å². The third-order valence-corrected chi connectivity index (χ3v) is 4.19. The third kappa shape index (κ3) is 3.41. The Labute approximate surface area is 119 Å². The van der Waals surface area contributed by atoms with Crippen LogP contribution in [0.3, 0.4) is 0 Å². The number of nitrogen functional groups attached to an aromatic ring is 1. The molecule has 3 nitrogen and oxygen atoms in total. The second-order valence-corrected chi connectivity index (χ2v) is 5.67. The summed E-state index contributed by atoms with van der Waals surface area (Å²) in [5.41, 5.74) is 6.92. The minimum Gasteiger partial charge on any atom is -0.398 e. The van der Waals surface area contributed by atoms with Gasteiger partial charge in [-0.05, 0) is 43.4 Å². The Balaban J connectivity index is 2.13. The van der Waals surface area contributed by atoms with E-state index in [1.54, 1.807) is 18.2 Å². The number of carbonyl (C=O) groups is 1. The standard InChI is InChI=1S/C15H21ClN2O/c1-2-11-4-3-8-18(9-7-11)15(19)13-10-12(16)5-6-14(13)17/h5-6,10-11H,2-4,7-9,17H2,1H3. The van der Waals surface area contributed by atoms with E-state index in [-0.39, 0.29) is 5.91 Å². The number of benzene rings is 1. The first kappa shape index (κ1) is 14.2. The van der Waals surface area contributed by atoms with E-state index < -0.39 is 0 Å². The Morgan fingerprint density at radius 2 is 2.21 bits per heavy atom. The van der Waals surface area contributed by atoms with Crippen LogP contribution in [0.4, 0.5) is 5.69 Å². The quantitative estimate of drug-likeness (QED) is 0.842. The summed E-state index contributed by atoms with van der Waals surface area (Å²) in [4.78, 5) is 14.4. The predicted octanol–water partition coefficient (Wildman–Crippen LogP) is 3.57. The zero-order chi connectivity index (χ0) is 13.8. The van der Waals surface area contributed by atoms with Crippen molar-refractivity contribution < 1.29 is 4.79 Å². The lowest BCUT2D eigenvalue weighted by Gasteiger charge is -2.21. The van der Waals surface area contributed by atoms with Crippen molar-refractivity contribution in [3.05, 3.63) is 28.8 Å². The third-order valence-electron chi connectivity index (χ3n) is 3.96. The van der Waals surface area contributed by atoms with Crippen molar-refractivity contribution in [1.82, 2.24) is 4.90 Å². The van der Waals surface area contributed by atoms with Gasteiger partial charge in [-0.2, -0.15) is 0 Å². The van der Waals surface area contributed by atoms with Gasteiger partial charge in [0.15, 0.2) is 0 Å². The Bertz CT molecular complexity index is 461. The van der Waals surface area contributed by atoms with Crippen LogP contribution in [0.5, 0.6) is 0 Å². The highest BCUT2D eigenvalue weighted by Crippen LogP contribution is 2.24. The number of carbonyl (C=O) groups excluding carboxylic acids is 1. The molecule has 1 aliphatic heterocycles. The molecule has 104 valence electrons. The van der Waals surface area contributed by atoms with Gasteiger partial charge in [-0.1, -0.05) is 24.9 Å². The molecule has 19 heavy (non-hydrogen) atoms. The second kappa shape index (κ2) is 6.29. The summed E-state index contributed by atoms with van der Waals surface area (Å²) >= 11 is 5.95. The van der Waals surface area contributed by atoms with Gasteiger partial charge in [0, 0.05) is 23.8 Å². The summed E-state index contributed by atoms with van der Waals surface area (Å²) in [5.74, 6) is 0.756. The summed E-state index contributed by atoms with van der Waals surface area (Å²) in [6.07, 6.45) is 4.57. The number of nitrogens with zero attached hydrogens (tertiary/aromatic N) is 1. The first-order valence-corrected chi connectivity index (χ1v) is 7.34. The SMILES string of the molecule is CCC1CCCN(C(=O)c2cc(Cl)ccc2N)CC1. The molecule has 1 heterocycles. The molecule has 1 aromatic carbocycles. The Hall–Kier alpha value is -1.22. The molecule has 4 heteroatoms. The van der Waals surface area contributed by atoms with Gasteiger partial charge in [-0.3, -0.25) is 4.79 Å². The van der Waals surface area contributed by atoms with Crippen molar-refractivity contribution in [2.24, 2.45) is 5.92 Å². The minimum absolute atomic E-state index is 0.0109. The molecule has 1 aliphatic rings. The molecule has 0 radical (unpaired) electrons. The average molecular weight is 281 g/mol. The van der Waals surface area contributed by atoms with Crippen LogP contribution in [0.25, 0.3) is 0 Å². The number of nitrogens with two attached hydrogens (primary N) is 1. The van der Waals surface area contributed by atoms with Crippen molar-refractivity contribution in [3.8, 4) is 0 Å². The normalized spacial score (nSPS) is 20.1. The lowest BCUT2D eigenvalue weighted by Crippen LogP contribution is -2.32. The van der Waals surface area contributed by atoms with Crippen LogP contribution in [0.2, 0.25) is 5.02 Å². The highest BCUT2D eigenvalue weighted by molar-refractivity contribution is 6.31. The van der Waals surface area contributed by atoms with Gasteiger partial charge in [0.2, 0.25) is 0 Å². The van der Waals surface area contributed by atoms with E-state index in [2.05, 4.69) is 6.92 Å². The molecule has 2 N–H and O–H groups in total. The number of hydrogen-bond donors (Lipinski definition) is 1. The van der Waals surface area contributed by atoms with E-state index in [0.717, 1.165) is 31.8 Å². The summed E-state index contributed by atoms with van der Waals surface area (Å²) in [6, 6.07) is 5.08. The van der Waals surface area contributed by atoms with E-state index in [9.17, 15) is 4.79 Å². The molecule has 1 fully saturated rings. The lowest BCUT2D eigenvalue weighted by molar-refractivity contribution is 0.0761. The second-order valence-electron chi connectivity index (χ2n) is 5.23. The molecule has 0 saturated carbocycles. The molecule has 0 aromatic heterocycles. The van der Waals surface area contributed by atoms with Gasteiger partial charge in [-0.15, -0.1) is 0 Å². The van der Waals surface area contributed by atoms with Crippen LogP contribution >= 0.6 is 11.6 Å². The number of hydrogen-bond acceptors (Lipinski definition) is 2. The maximum atomic E-state index is 12.5. The van der Waals surface area contributed by atoms with Crippen LogP contribution in [0, 0.1) is 5.92 Å². The smallest absolute Gasteiger partial charge is 0.255 e. The molecule has 1 atom stereocenters. The maximum absolute atomic E-state index is 12.5. The van der Waals surface area contributed by atoms with E-state index >= 15 is 0 Å². The fraction of sp³-hybridized carbons (Fsp3) is 0.533. The van der Waals surface area contributed by atoms with Gasteiger partial charge >= 0.3 is 0 Å². The van der Waals surface area contributed by atoms with Gasteiger partial charge in [0.25, 0.3) is 5.91 Å². The van der Waals surface area contributed by atoms with E-state index in [1.807, 2.05) is 4.90 Å². The van der Waals surface area contributed by atoms with Crippen LogP contribution in [0.15, 0.2) is 18.2 Å². The minimum atomic E-state index is 0.0109. The molecule has 1 saturated heterocycles. The molecular weight excluding hydrogens is 260 g/mol. The Kier molecular flexibility index (Phi) is 4.70. The van der Waals surface area contributed by atoms with Gasteiger partial charge in [-0.25, -0.2) is 0 Å². The number of amides is 1. The monoisotopic (exact) mass is 280 g/mol. The van der Waals surface area contributed by atoms with Crippen molar-refractivity contribution in [2.45, 2.75) is 32.6 Å². The fourth-order valence-corrected chi connectivity index (χ4v) is 2.83. The van der Waals surface area contributed by atoms with Gasteiger partial charge in [0.05, 0.1) is 5.56 Å². The highest BCUT2D eigenvalue weighted by Gasteiger charge is 2.22. The summed E-state index contributed by atoms with van der Waals surface area (Å²) < 4.78 is 0.